The van der Waals surface area contributed by atoms with Crippen LogP contribution in [0.4, 0.5) is 0 Å². The molecule has 1 aliphatic rings. The summed E-state index contributed by atoms with van der Waals surface area (Å²) in [5.41, 5.74) is 0.802. The van der Waals surface area contributed by atoms with Gasteiger partial charge in [0.1, 0.15) is 0 Å². The molecule has 0 radical (unpaired) electrons. The van der Waals surface area contributed by atoms with Crippen LogP contribution < -0.4 is 0 Å². The number of halogens is 1. The molecule has 1 saturated heterocycles. The number of sulfonamides is 1. The highest BCUT2D eigenvalue weighted by Crippen LogP contribution is 2.28. The van der Waals surface area contributed by atoms with Crippen LogP contribution in [0.25, 0.3) is 0 Å². The van der Waals surface area contributed by atoms with Crippen molar-refractivity contribution in [3.63, 3.8) is 0 Å². The van der Waals surface area contributed by atoms with Crippen molar-refractivity contribution in [3.05, 3.63) is 28.2 Å². The lowest BCUT2D eigenvalue weighted by molar-refractivity contribution is 0.268. The summed E-state index contributed by atoms with van der Waals surface area (Å²) in [6.07, 6.45) is 3.02. The van der Waals surface area contributed by atoms with E-state index in [0.29, 0.717) is 11.4 Å². The zero-order valence-electron chi connectivity index (χ0n) is 10.7. The van der Waals surface area contributed by atoms with Crippen LogP contribution in [-0.4, -0.2) is 25.3 Å². The van der Waals surface area contributed by atoms with Gasteiger partial charge in [-0.1, -0.05) is 28.4 Å². The van der Waals surface area contributed by atoms with E-state index in [1.165, 1.54) is 0 Å². The summed E-state index contributed by atoms with van der Waals surface area (Å²) in [7, 11) is -3.36. The second kappa shape index (κ2) is 5.31. The molecular weight excluding hydrogens is 314 g/mol. The molecule has 1 unspecified atom stereocenters. The fraction of sp³-hybridized carbons (Fsp3) is 0.538. The highest BCUT2D eigenvalue weighted by atomic mass is 79.9. The van der Waals surface area contributed by atoms with Crippen LogP contribution in [0.3, 0.4) is 0 Å². The summed E-state index contributed by atoms with van der Waals surface area (Å²) in [6.45, 7) is 4.47. The second-order valence-corrected chi connectivity index (χ2v) is 7.65. The van der Waals surface area contributed by atoms with Crippen LogP contribution in [-0.2, 0) is 10.0 Å². The first kappa shape index (κ1) is 14.0. The molecule has 0 spiro atoms. The normalized spacial score (nSPS) is 22.1. The molecule has 1 aromatic rings. The molecule has 1 fully saturated rings. The van der Waals surface area contributed by atoms with E-state index in [2.05, 4.69) is 15.9 Å². The first-order valence-electron chi connectivity index (χ1n) is 6.21. The molecule has 2 rings (SSSR count). The minimum absolute atomic E-state index is 0.0992. The Hall–Kier alpha value is -0.390. The summed E-state index contributed by atoms with van der Waals surface area (Å²) >= 11 is 3.34. The maximum absolute atomic E-state index is 12.7. The van der Waals surface area contributed by atoms with E-state index in [1.54, 1.807) is 10.4 Å². The molecule has 0 aromatic heterocycles. The SMILES string of the molecule is Cc1ccc(Br)cc1S(=O)(=O)N1CCCCC1C. The Bertz CT molecular complexity index is 542. The zero-order valence-corrected chi connectivity index (χ0v) is 13.1. The van der Waals surface area contributed by atoms with Gasteiger partial charge in [0.2, 0.25) is 10.0 Å². The maximum atomic E-state index is 12.7. The number of hydrogen-bond acceptors (Lipinski definition) is 2. The van der Waals surface area contributed by atoms with Crippen LogP contribution in [0.15, 0.2) is 27.6 Å². The quantitative estimate of drug-likeness (QED) is 0.833. The molecule has 5 heteroatoms. The van der Waals surface area contributed by atoms with Gasteiger partial charge in [0.15, 0.2) is 0 Å². The number of nitrogens with zero attached hydrogens (tertiary/aromatic N) is 1. The largest absolute Gasteiger partial charge is 0.243 e. The van der Waals surface area contributed by atoms with Gasteiger partial charge in [-0.25, -0.2) is 8.42 Å². The van der Waals surface area contributed by atoms with Crippen LogP contribution in [0, 0.1) is 6.92 Å². The van der Waals surface area contributed by atoms with Crippen molar-refractivity contribution in [2.45, 2.75) is 44.0 Å². The molecule has 18 heavy (non-hydrogen) atoms. The van der Waals surface area contributed by atoms with Crippen LogP contribution >= 0.6 is 15.9 Å². The third-order valence-corrected chi connectivity index (χ3v) is 6.13. The van der Waals surface area contributed by atoms with Crippen molar-refractivity contribution in [1.82, 2.24) is 4.31 Å². The zero-order chi connectivity index (χ0) is 13.3. The minimum atomic E-state index is -3.36. The first-order chi connectivity index (χ1) is 8.43. The Morgan fingerprint density at radius 2 is 2.06 bits per heavy atom. The molecule has 1 aliphatic heterocycles. The highest BCUT2D eigenvalue weighted by molar-refractivity contribution is 9.10. The van der Waals surface area contributed by atoms with Crippen molar-refractivity contribution >= 4 is 26.0 Å². The number of hydrogen-bond donors (Lipinski definition) is 0. The maximum Gasteiger partial charge on any atom is 0.243 e. The Balaban J connectivity index is 2.44. The Morgan fingerprint density at radius 3 is 2.72 bits per heavy atom. The number of aryl methyl sites for hydroxylation is 1. The minimum Gasteiger partial charge on any atom is -0.207 e. The highest BCUT2D eigenvalue weighted by Gasteiger charge is 2.31. The van der Waals surface area contributed by atoms with Crippen LogP contribution in [0.2, 0.25) is 0 Å². The van der Waals surface area contributed by atoms with Gasteiger partial charge in [-0.2, -0.15) is 4.31 Å². The van der Waals surface area contributed by atoms with Crippen molar-refractivity contribution in [2.75, 3.05) is 6.54 Å². The van der Waals surface area contributed by atoms with E-state index >= 15 is 0 Å². The van der Waals surface area contributed by atoms with Gasteiger partial charge in [0, 0.05) is 17.1 Å². The summed E-state index contributed by atoms with van der Waals surface area (Å²) < 4.78 is 27.8. The number of benzene rings is 1. The van der Waals surface area contributed by atoms with Gasteiger partial charge in [0.05, 0.1) is 4.90 Å². The van der Waals surface area contributed by atoms with Gasteiger partial charge >= 0.3 is 0 Å². The molecule has 1 aromatic carbocycles. The summed E-state index contributed by atoms with van der Waals surface area (Å²) in [5.74, 6) is 0. The molecule has 0 saturated carbocycles. The van der Waals surface area contributed by atoms with Crippen molar-refractivity contribution in [2.24, 2.45) is 0 Å². The summed E-state index contributed by atoms with van der Waals surface area (Å²) in [6, 6.07) is 5.51. The van der Waals surface area contributed by atoms with E-state index in [0.717, 1.165) is 29.3 Å². The monoisotopic (exact) mass is 331 g/mol. The van der Waals surface area contributed by atoms with Crippen molar-refractivity contribution in [3.8, 4) is 0 Å². The van der Waals surface area contributed by atoms with E-state index < -0.39 is 10.0 Å². The Kier molecular flexibility index (Phi) is 4.14. The Morgan fingerprint density at radius 1 is 1.33 bits per heavy atom. The first-order valence-corrected chi connectivity index (χ1v) is 8.44. The topological polar surface area (TPSA) is 37.4 Å². The molecule has 0 amide bonds. The molecule has 0 N–H and O–H groups in total. The third-order valence-electron chi connectivity index (χ3n) is 3.48. The summed E-state index contributed by atoms with van der Waals surface area (Å²) in [5, 5.41) is 0. The van der Waals surface area contributed by atoms with E-state index in [4.69, 9.17) is 0 Å². The average molecular weight is 332 g/mol. The third kappa shape index (κ3) is 2.63. The standard InChI is InChI=1S/C13H18BrNO2S/c1-10-6-7-12(14)9-13(10)18(16,17)15-8-4-3-5-11(15)2/h6-7,9,11H,3-5,8H2,1-2H3. The molecule has 1 heterocycles. The molecule has 0 bridgehead atoms. The Labute approximate surface area is 117 Å². The van der Waals surface area contributed by atoms with Gasteiger partial charge < -0.3 is 0 Å². The predicted octanol–water partition coefficient (Wildman–Crippen LogP) is 3.32. The summed E-state index contributed by atoms with van der Waals surface area (Å²) in [4.78, 5) is 0.422. The van der Waals surface area contributed by atoms with Crippen molar-refractivity contribution < 1.29 is 8.42 Å². The average Bonchev–Trinajstić information content (AvgIpc) is 2.32. The van der Waals surface area contributed by atoms with Gasteiger partial charge in [-0.3, -0.25) is 0 Å². The number of piperidine rings is 1. The second-order valence-electron chi connectivity index (χ2n) is 4.87. The van der Waals surface area contributed by atoms with E-state index in [-0.39, 0.29) is 6.04 Å². The van der Waals surface area contributed by atoms with Crippen molar-refractivity contribution in [1.29, 1.82) is 0 Å². The van der Waals surface area contributed by atoms with Crippen LogP contribution in [0.1, 0.15) is 31.7 Å². The van der Waals surface area contributed by atoms with Gasteiger partial charge in [0.25, 0.3) is 0 Å². The lowest BCUT2D eigenvalue weighted by Crippen LogP contribution is -2.42. The van der Waals surface area contributed by atoms with Crippen LogP contribution in [0.5, 0.6) is 0 Å². The lowest BCUT2D eigenvalue weighted by Gasteiger charge is -2.32. The van der Waals surface area contributed by atoms with Gasteiger partial charge in [-0.15, -0.1) is 0 Å². The fourth-order valence-electron chi connectivity index (χ4n) is 2.41. The molecule has 0 aliphatic carbocycles. The van der Waals surface area contributed by atoms with Gasteiger partial charge in [-0.05, 0) is 44.4 Å². The predicted molar refractivity (Wildman–Crippen MR) is 76.1 cm³/mol. The fourth-order valence-corrected chi connectivity index (χ4v) is 4.87. The smallest absolute Gasteiger partial charge is 0.207 e. The molecule has 1 atom stereocenters. The van der Waals surface area contributed by atoms with E-state index in [9.17, 15) is 8.42 Å². The molecule has 100 valence electrons. The lowest BCUT2D eigenvalue weighted by atomic mass is 10.1. The molecular formula is C13H18BrNO2S. The number of rotatable bonds is 2. The molecule has 3 nitrogen and oxygen atoms in total. The van der Waals surface area contributed by atoms with E-state index in [1.807, 2.05) is 26.0 Å².